The first-order chi connectivity index (χ1) is 9.40. The normalized spacial score (nSPS) is 21.6. The van der Waals surface area contributed by atoms with E-state index in [9.17, 15) is 4.79 Å². The fourth-order valence-corrected chi connectivity index (χ4v) is 2.66. The number of carbonyl (C=O) groups is 1. The predicted octanol–water partition coefficient (Wildman–Crippen LogP) is 1.69. The third-order valence-corrected chi connectivity index (χ3v) is 4.47. The number of aromatic nitrogens is 4. The topological polar surface area (TPSA) is 63.4 Å². The number of amides is 1. The molecule has 6 nitrogen and oxygen atoms in total. The third-order valence-electron chi connectivity index (χ3n) is 4.47. The van der Waals surface area contributed by atoms with Crippen LogP contribution in [-0.2, 0) is 0 Å². The Hall–Kier alpha value is -1.98. The van der Waals surface area contributed by atoms with Crippen molar-refractivity contribution in [3.8, 4) is 0 Å². The minimum atomic E-state index is -0.0683. The van der Waals surface area contributed by atoms with Gasteiger partial charge in [0.25, 0.3) is 11.7 Å². The molecule has 3 heterocycles. The summed E-state index contributed by atoms with van der Waals surface area (Å²) in [6.45, 7) is 9.13. The number of nitrogens with zero attached hydrogens (tertiary/aromatic N) is 5. The van der Waals surface area contributed by atoms with Crippen molar-refractivity contribution in [2.45, 2.75) is 40.2 Å². The highest BCUT2D eigenvalue weighted by Crippen LogP contribution is 2.36. The first kappa shape index (κ1) is 13.0. The van der Waals surface area contributed by atoms with E-state index in [2.05, 4.69) is 36.0 Å². The van der Waals surface area contributed by atoms with E-state index in [0.29, 0.717) is 11.6 Å². The Morgan fingerprint density at radius 2 is 2.15 bits per heavy atom. The number of rotatable bonds is 1. The molecule has 1 atom stereocenters. The van der Waals surface area contributed by atoms with Crippen LogP contribution in [0.15, 0.2) is 12.3 Å². The van der Waals surface area contributed by atoms with Crippen LogP contribution in [0.3, 0.4) is 0 Å². The Morgan fingerprint density at radius 3 is 2.80 bits per heavy atom. The summed E-state index contributed by atoms with van der Waals surface area (Å²) in [6.07, 6.45) is 2.81. The molecular formula is C14H19N5O. The molecule has 0 aromatic carbocycles. The summed E-state index contributed by atoms with van der Waals surface area (Å²) in [5.74, 6) is 0.748. The van der Waals surface area contributed by atoms with Crippen molar-refractivity contribution in [3.63, 3.8) is 0 Å². The van der Waals surface area contributed by atoms with Crippen LogP contribution in [-0.4, -0.2) is 43.0 Å². The molecule has 0 saturated carbocycles. The van der Waals surface area contributed by atoms with Gasteiger partial charge in [0, 0.05) is 24.5 Å². The fraction of sp³-hybridized carbons (Fsp3) is 0.571. The molecule has 106 valence electrons. The molecule has 0 N–H and O–H groups in total. The van der Waals surface area contributed by atoms with Crippen LogP contribution in [0.25, 0.3) is 5.78 Å². The lowest BCUT2D eigenvalue weighted by Crippen LogP contribution is -2.39. The molecule has 3 rings (SSSR count). The second kappa shape index (κ2) is 4.26. The minimum absolute atomic E-state index is 0.0683. The van der Waals surface area contributed by atoms with Crippen LogP contribution in [0.2, 0.25) is 0 Å². The number of aryl methyl sites for hydroxylation is 1. The van der Waals surface area contributed by atoms with E-state index in [1.807, 2.05) is 17.9 Å². The summed E-state index contributed by atoms with van der Waals surface area (Å²) in [7, 11) is 0. The van der Waals surface area contributed by atoms with Gasteiger partial charge in [-0.2, -0.15) is 0 Å². The van der Waals surface area contributed by atoms with Crippen molar-refractivity contribution < 1.29 is 4.79 Å². The van der Waals surface area contributed by atoms with Crippen LogP contribution < -0.4 is 0 Å². The van der Waals surface area contributed by atoms with Gasteiger partial charge < -0.3 is 4.90 Å². The number of carbonyl (C=O) groups excluding carboxylic acids is 1. The zero-order valence-electron chi connectivity index (χ0n) is 12.3. The molecule has 6 heteroatoms. The zero-order valence-corrected chi connectivity index (χ0v) is 12.3. The van der Waals surface area contributed by atoms with E-state index in [0.717, 1.165) is 18.7 Å². The summed E-state index contributed by atoms with van der Waals surface area (Å²) >= 11 is 0. The Balaban J connectivity index is 1.98. The highest BCUT2D eigenvalue weighted by Gasteiger charge is 2.40. The maximum Gasteiger partial charge on any atom is 0.292 e. The fourth-order valence-electron chi connectivity index (χ4n) is 2.66. The standard InChI is InChI=1S/C14H19N5O/c1-9-5-7-19-11(16-17-13(19)15-9)12(20)18-8-6-14(3,4)10(18)2/h5,7,10H,6,8H2,1-4H3. The molecule has 0 aliphatic carbocycles. The van der Waals surface area contributed by atoms with E-state index in [4.69, 9.17) is 0 Å². The second-order valence-electron chi connectivity index (χ2n) is 6.18. The van der Waals surface area contributed by atoms with E-state index in [-0.39, 0.29) is 17.4 Å². The van der Waals surface area contributed by atoms with E-state index >= 15 is 0 Å². The van der Waals surface area contributed by atoms with Crippen molar-refractivity contribution in [3.05, 3.63) is 23.8 Å². The van der Waals surface area contributed by atoms with E-state index in [1.54, 1.807) is 10.6 Å². The van der Waals surface area contributed by atoms with Crippen molar-refractivity contribution >= 4 is 11.7 Å². The van der Waals surface area contributed by atoms with Crippen molar-refractivity contribution in [1.29, 1.82) is 0 Å². The van der Waals surface area contributed by atoms with Crippen LogP contribution in [0.1, 0.15) is 43.5 Å². The van der Waals surface area contributed by atoms with Gasteiger partial charge in [0.1, 0.15) is 0 Å². The molecule has 2 aromatic rings. The van der Waals surface area contributed by atoms with Gasteiger partial charge in [-0.25, -0.2) is 4.98 Å². The summed E-state index contributed by atoms with van der Waals surface area (Å²) in [5, 5.41) is 8.01. The van der Waals surface area contributed by atoms with Gasteiger partial charge in [-0.1, -0.05) is 13.8 Å². The Labute approximate surface area is 117 Å². The minimum Gasteiger partial charge on any atom is -0.333 e. The second-order valence-corrected chi connectivity index (χ2v) is 6.18. The van der Waals surface area contributed by atoms with E-state index < -0.39 is 0 Å². The van der Waals surface area contributed by atoms with Crippen LogP contribution in [0, 0.1) is 12.3 Å². The van der Waals surface area contributed by atoms with Crippen molar-refractivity contribution in [1.82, 2.24) is 24.5 Å². The lowest BCUT2D eigenvalue weighted by molar-refractivity contribution is 0.0692. The molecular weight excluding hydrogens is 254 g/mol. The molecule has 20 heavy (non-hydrogen) atoms. The number of fused-ring (bicyclic) bond motifs is 1. The first-order valence-electron chi connectivity index (χ1n) is 6.89. The summed E-state index contributed by atoms with van der Waals surface area (Å²) < 4.78 is 1.66. The molecule has 1 unspecified atom stereocenters. The molecule has 1 aliphatic heterocycles. The molecule has 1 amide bonds. The van der Waals surface area contributed by atoms with Crippen molar-refractivity contribution in [2.75, 3.05) is 6.54 Å². The monoisotopic (exact) mass is 273 g/mol. The van der Waals surface area contributed by atoms with Crippen molar-refractivity contribution in [2.24, 2.45) is 5.41 Å². The highest BCUT2D eigenvalue weighted by atomic mass is 16.2. The van der Waals surface area contributed by atoms with Gasteiger partial charge in [0.2, 0.25) is 5.82 Å². The summed E-state index contributed by atoms with van der Waals surface area (Å²) in [4.78, 5) is 18.8. The van der Waals surface area contributed by atoms with Gasteiger partial charge in [-0.15, -0.1) is 10.2 Å². The molecule has 0 spiro atoms. The lowest BCUT2D eigenvalue weighted by Gasteiger charge is -2.28. The van der Waals surface area contributed by atoms with Crippen LogP contribution in [0.4, 0.5) is 0 Å². The largest absolute Gasteiger partial charge is 0.333 e. The Bertz CT molecular complexity index is 675. The average molecular weight is 273 g/mol. The number of hydrogen-bond donors (Lipinski definition) is 0. The van der Waals surface area contributed by atoms with E-state index in [1.165, 1.54) is 0 Å². The average Bonchev–Trinajstić information content (AvgIpc) is 2.91. The van der Waals surface area contributed by atoms with Gasteiger partial charge >= 0.3 is 0 Å². The van der Waals surface area contributed by atoms with Crippen LogP contribution >= 0.6 is 0 Å². The quantitative estimate of drug-likeness (QED) is 0.793. The molecule has 2 aromatic heterocycles. The van der Waals surface area contributed by atoms with Gasteiger partial charge in [-0.3, -0.25) is 9.20 Å². The third kappa shape index (κ3) is 1.87. The highest BCUT2D eigenvalue weighted by molar-refractivity contribution is 5.91. The maximum atomic E-state index is 12.7. The molecule has 0 bridgehead atoms. The van der Waals surface area contributed by atoms with Gasteiger partial charge in [0.15, 0.2) is 0 Å². The molecule has 0 radical (unpaired) electrons. The molecule has 1 fully saturated rings. The predicted molar refractivity (Wildman–Crippen MR) is 74.4 cm³/mol. The molecule has 1 saturated heterocycles. The smallest absolute Gasteiger partial charge is 0.292 e. The first-order valence-corrected chi connectivity index (χ1v) is 6.89. The lowest BCUT2D eigenvalue weighted by atomic mass is 9.86. The Kier molecular flexibility index (Phi) is 2.77. The Morgan fingerprint density at radius 1 is 1.40 bits per heavy atom. The summed E-state index contributed by atoms with van der Waals surface area (Å²) in [5.41, 5.74) is 1.00. The number of hydrogen-bond acceptors (Lipinski definition) is 4. The maximum absolute atomic E-state index is 12.7. The van der Waals surface area contributed by atoms with Gasteiger partial charge in [0.05, 0.1) is 0 Å². The summed E-state index contributed by atoms with van der Waals surface area (Å²) in [6, 6.07) is 2.05. The van der Waals surface area contributed by atoms with Gasteiger partial charge in [-0.05, 0) is 31.7 Å². The zero-order chi connectivity index (χ0) is 14.5. The number of likely N-dealkylation sites (tertiary alicyclic amines) is 1. The molecule has 1 aliphatic rings. The van der Waals surface area contributed by atoms with Crippen LogP contribution in [0.5, 0.6) is 0 Å². The SMILES string of the molecule is Cc1ccn2c(C(=O)N3CCC(C)(C)C3C)nnc2n1.